The van der Waals surface area contributed by atoms with Gasteiger partial charge in [0.2, 0.25) is 11.8 Å². The van der Waals surface area contributed by atoms with Gasteiger partial charge in [-0.3, -0.25) is 9.59 Å². The van der Waals surface area contributed by atoms with E-state index in [-0.39, 0.29) is 11.8 Å². The van der Waals surface area contributed by atoms with Crippen molar-refractivity contribution in [1.29, 1.82) is 0 Å². The van der Waals surface area contributed by atoms with Crippen LogP contribution in [-0.4, -0.2) is 29.8 Å². The molecule has 1 saturated heterocycles. The van der Waals surface area contributed by atoms with Crippen molar-refractivity contribution < 1.29 is 9.59 Å². The van der Waals surface area contributed by atoms with Gasteiger partial charge in [-0.1, -0.05) is 48.5 Å². The quantitative estimate of drug-likeness (QED) is 0.811. The van der Waals surface area contributed by atoms with E-state index in [0.29, 0.717) is 11.6 Å². The van der Waals surface area contributed by atoms with E-state index in [2.05, 4.69) is 29.6 Å². The monoisotopic (exact) mass is 364 g/mol. The Morgan fingerprint density at radius 3 is 2.11 bits per heavy atom. The first kappa shape index (κ1) is 19.2. The molecule has 0 bridgehead atoms. The summed E-state index contributed by atoms with van der Waals surface area (Å²) in [6.45, 7) is 4.87. The van der Waals surface area contributed by atoms with Gasteiger partial charge < -0.3 is 10.2 Å². The molecule has 2 aromatic rings. The van der Waals surface area contributed by atoms with Crippen molar-refractivity contribution >= 4 is 17.5 Å². The maximum atomic E-state index is 13.0. The molecule has 2 aromatic carbocycles. The largest absolute Gasteiger partial charge is 0.342 e. The van der Waals surface area contributed by atoms with Crippen LogP contribution in [0.25, 0.3) is 0 Å². The predicted octanol–water partition coefficient (Wildman–Crippen LogP) is 4.13. The van der Waals surface area contributed by atoms with Crippen LogP contribution in [0.1, 0.15) is 32.3 Å². The summed E-state index contributed by atoms with van der Waals surface area (Å²) < 4.78 is 0. The Kier molecular flexibility index (Phi) is 5.94. The number of amides is 2. The molecule has 4 nitrogen and oxygen atoms in total. The SMILES string of the molecule is CC(C)(C(=O)Nc1ccccc1)C(=O)N1CCC(Cc2ccccc2)CC1. The molecule has 1 aliphatic rings. The highest BCUT2D eigenvalue weighted by Gasteiger charge is 2.40. The zero-order valence-electron chi connectivity index (χ0n) is 16.2. The second kappa shape index (κ2) is 8.38. The Morgan fingerprint density at radius 2 is 1.52 bits per heavy atom. The first-order chi connectivity index (χ1) is 13.0. The molecule has 1 aliphatic heterocycles. The van der Waals surface area contributed by atoms with Crippen molar-refractivity contribution in [3.8, 4) is 0 Å². The van der Waals surface area contributed by atoms with E-state index in [4.69, 9.17) is 0 Å². The fraction of sp³-hybridized carbons (Fsp3) is 0.391. The number of anilines is 1. The zero-order valence-corrected chi connectivity index (χ0v) is 16.2. The molecule has 0 atom stereocenters. The van der Waals surface area contributed by atoms with Gasteiger partial charge in [0.1, 0.15) is 5.41 Å². The van der Waals surface area contributed by atoms with E-state index in [0.717, 1.165) is 32.4 Å². The second-order valence-electron chi connectivity index (χ2n) is 7.87. The third kappa shape index (κ3) is 4.76. The fourth-order valence-corrected chi connectivity index (χ4v) is 3.59. The summed E-state index contributed by atoms with van der Waals surface area (Å²) in [4.78, 5) is 27.5. The second-order valence-corrected chi connectivity index (χ2v) is 7.87. The van der Waals surface area contributed by atoms with Gasteiger partial charge in [0.05, 0.1) is 0 Å². The molecule has 27 heavy (non-hydrogen) atoms. The van der Waals surface area contributed by atoms with Crippen molar-refractivity contribution in [3.63, 3.8) is 0 Å². The van der Waals surface area contributed by atoms with Crippen molar-refractivity contribution in [2.24, 2.45) is 11.3 Å². The number of nitrogens with one attached hydrogen (secondary N) is 1. The van der Waals surface area contributed by atoms with Crippen LogP contribution in [0.5, 0.6) is 0 Å². The summed E-state index contributed by atoms with van der Waals surface area (Å²) >= 11 is 0. The third-order valence-electron chi connectivity index (χ3n) is 5.40. The number of piperidine rings is 1. The topological polar surface area (TPSA) is 49.4 Å². The van der Waals surface area contributed by atoms with E-state index in [1.807, 2.05) is 41.3 Å². The molecule has 2 amide bonds. The highest BCUT2D eigenvalue weighted by molar-refractivity contribution is 6.09. The van der Waals surface area contributed by atoms with Crippen molar-refractivity contribution in [2.75, 3.05) is 18.4 Å². The van der Waals surface area contributed by atoms with Gasteiger partial charge in [-0.25, -0.2) is 0 Å². The van der Waals surface area contributed by atoms with Gasteiger partial charge in [0.15, 0.2) is 0 Å². The first-order valence-electron chi connectivity index (χ1n) is 9.66. The number of benzene rings is 2. The summed E-state index contributed by atoms with van der Waals surface area (Å²) in [7, 11) is 0. The predicted molar refractivity (Wildman–Crippen MR) is 108 cm³/mol. The van der Waals surface area contributed by atoms with Gasteiger partial charge in [-0.2, -0.15) is 0 Å². The number of carbonyl (C=O) groups is 2. The lowest BCUT2D eigenvalue weighted by molar-refractivity contribution is -0.147. The maximum absolute atomic E-state index is 13.0. The number of carbonyl (C=O) groups excluding carboxylic acids is 2. The van der Waals surface area contributed by atoms with E-state index in [9.17, 15) is 9.59 Å². The molecule has 0 spiro atoms. The lowest BCUT2D eigenvalue weighted by Gasteiger charge is -2.36. The molecular formula is C23H28N2O2. The molecule has 1 heterocycles. The van der Waals surface area contributed by atoms with Crippen LogP contribution in [0, 0.1) is 11.3 Å². The average molecular weight is 364 g/mol. The first-order valence-corrected chi connectivity index (χ1v) is 9.66. The standard InChI is InChI=1S/C23H28N2O2/c1-23(2,21(26)24-20-11-7-4-8-12-20)22(27)25-15-13-19(14-16-25)17-18-9-5-3-6-10-18/h3-12,19H,13-17H2,1-2H3,(H,24,26). The van der Waals surface area contributed by atoms with Crippen molar-refractivity contribution in [2.45, 2.75) is 33.1 Å². The maximum Gasteiger partial charge on any atom is 0.239 e. The van der Waals surface area contributed by atoms with E-state index < -0.39 is 5.41 Å². The minimum atomic E-state index is -1.08. The lowest BCUT2D eigenvalue weighted by atomic mass is 9.86. The Balaban J connectivity index is 1.55. The molecule has 1 N–H and O–H groups in total. The number of nitrogens with zero attached hydrogens (tertiary/aromatic N) is 1. The Morgan fingerprint density at radius 1 is 0.963 bits per heavy atom. The Bertz CT molecular complexity index is 763. The number of hydrogen-bond donors (Lipinski definition) is 1. The van der Waals surface area contributed by atoms with Crippen LogP contribution in [0.3, 0.4) is 0 Å². The average Bonchev–Trinajstić information content (AvgIpc) is 2.69. The zero-order chi connectivity index (χ0) is 19.3. The summed E-state index contributed by atoms with van der Waals surface area (Å²) in [5, 5.41) is 2.86. The van der Waals surface area contributed by atoms with Gasteiger partial charge in [-0.05, 0) is 56.7 Å². The van der Waals surface area contributed by atoms with Crippen LogP contribution in [0.15, 0.2) is 60.7 Å². The molecule has 0 aliphatic carbocycles. The summed E-state index contributed by atoms with van der Waals surface area (Å²) in [5.41, 5.74) is 0.983. The number of likely N-dealkylation sites (tertiary alicyclic amines) is 1. The minimum absolute atomic E-state index is 0.0888. The normalized spacial score (nSPS) is 15.4. The minimum Gasteiger partial charge on any atom is -0.342 e. The van der Waals surface area contributed by atoms with Crippen LogP contribution in [0.2, 0.25) is 0 Å². The van der Waals surface area contributed by atoms with Crippen molar-refractivity contribution in [1.82, 2.24) is 4.90 Å². The lowest BCUT2D eigenvalue weighted by Crippen LogP contribution is -2.50. The Hall–Kier alpha value is -2.62. The highest BCUT2D eigenvalue weighted by Crippen LogP contribution is 2.27. The van der Waals surface area contributed by atoms with E-state index in [1.165, 1.54) is 5.56 Å². The molecule has 0 saturated carbocycles. The van der Waals surface area contributed by atoms with Crippen molar-refractivity contribution in [3.05, 3.63) is 66.2 Å². The number of rotatable bonds is 5. The third-order valence-corrected chi connectivity index (χ3v) is 5.40. The van der Waals surface area contributed by atoms with Gasteiger partial charge in [0.25, 0.3) is 0 Å². The van der Waals surface area contributed by atoms with E-state index in [1.54, 1.807) is 13.8 Å². The van der Waals surface area contributed by atoms with Gasteiger partial charge in [-0.15, -0.1) is 0 Å². The highest BCUT2D eigenvalue weighted by atomic mass is 16.2. The molecular weight excluding hydrogens is 336 g/mol. The molecule has 0 unspecified atom stereocenters. The molecule has 0 radical (unpaired) electrons. The van der Waals surface area contributed by atoms with E-state index >= 15 is 0 Å². The summed E-state index contributed by atoms with van der Waals surface area (Å²) in [6, 6.07) is 19.8. The van der Waals surface area contributed by atoms with Gasteiger partial charge >= 0.3 is 0 Å². The summed E-state index contributed by atoms with van der Waals surface area (Å²) in [6.07, 6.45) is 3.02. The molecule has 3 rings (SSSR count). The fourth-order valence-electron chi connectivity index (χ4n) is 3.59. The molecule has 142 valence electrons. The van der Waals surface area contributed by atoms with Crippen LogP contribution < -0.4 is 5.32 Å². The van der Waals surface area contributed by atoms with Crippen LogP contribution in [0.4, 0.5) is 5.69 Å². The molecule has 1 fully saturated rings. The van der Waals surface area contributed by atoms with Gasteiger partial charge in [0, 0.05) is 18.8 Å². The van der Waals surface area contributed by atoms with Crippen LogP contribution in [-0.2, 0) is 16.0 Å². The molecule has 0 aromatic heterocycles. The molecule has 4 heteroatoms. The summed E-state index contributed by atoms with van der Waals surface area (Å²) in [5.74, 6) is 0.247. The van der Waals surface area contributed by atoms with Crippen LogP contribution >= 0.6 is 0 Å². The number of para-hydroxylation sites is 1. The number of hydrogen-bond acceptors (Lipinski definition) is 2. The Labute approximate surface area is 161 Å². The smallest absolute Gasteiger partial charge is 0.239 e.